The highest BCUT2D eigenvalue weighted by atomic mass is 35.7. The molecule has 0 aliphatic heterocycles. The molecule has 0 aliphatic carbocycles. The fourth-order valence-corrected chi connectivity index (χ4v) is 2.43. The second-order valence-electron chi connectivity index (χ2n) is 2.29. The molecule has 0 aliphatic rings. The molecule has 0 unspecified atom stereocenters. The van der Waals surface area contributed by atoms with E-state index in [0.717, 1.165) is 6.42 Å². The van der Waals surface area contributed by atoms with Crippen LogP contribution in [0, 0.1) is 0 Å². The summed E-state index contributed by atoms with van der Waals surface area (Å²) in [5.41, 5.74) is 0. The highest BCUT2D eigenvalue weighted by Gasteiger charge is 2.19. The van der Waals surface area contributed by atoms with Crippen molar-refractivity contribution in [1.29, 1.82) is 0 Å². The van der Waals surface area contributed by atoms with E-state index < -0.39 is 9.05 Å². The van der Waals surface area contributed by atoms with E-state index in [4.69, 9.17) is 10.7 Å². The topological polar surface area (TPSA) is 34.1 Å². The van der Waals surface area contributed by atoms with E-state index in [2.05, 4.69) is 0 Å². The van der Waals surface area contributed by atoms with Crippen molar-refractivity contribution in [1.82, 2.24) is 0 Å². The van der Waals surface area contributed by atoms with E-state index in [0.29, 0.717) is 12.8 Å². The Kier molecular flexibility index (Phi) is 4.29. The highest BCUT2D eigenvalue weighted by molar-refractivity contribution is 8.14. The standard InChI is InChI=1S/C6H13ClO2S/c1-3-5-6(4-2)10(7,8)9/h6H,3-5H2,1-2H3/t6-/m1/s1. The Hall–Kier alpha value is 0.240. The van der Waals surface area contributed by atoms with Crippen LogP contribution in [0.5, 0.6) is 0 Å². The lowest BCUT2D eigenvalue weighted by Gasteiger charge is -2.07. The van der Waals surface area contributed by atoms with E-state index in [1.807, 2.05) is 13.8 Å². The summed E-state index contributed by atoms with van der Waals surface area (Å²) in [7, 11) is 1.85. The van der Waals surface area contributed by atoms with Gasteiger partial charge in [0.15, 0.2) is 0 Å². The van der Waals surface area contributed by atoms with Crippen molar-refractivity contribution in [3.05, 3.63) is 0 Å². The molecule has 0 fully saturated rings. The van der Waals surface area contributed by atoms with Crippen LogP contribution in [-0.4, -0.2) is 13.7 Å². The predicted octanol–water partition coefficient (Wildman–Crippen LogP) is 2.13. The lowest BCUT2D eigenvalue weighted by molar-refractivity contribution is 0.578. The van der Waals surface area contributed by atoms with Gasteiger partial charge in [-0.1, -0.05) is 20.3 Å². The molecule has 1 atom stereocenters. The molecule has 2 nitrogen and oxygen atoms in total. The van der Waals surface area contributed by atoms with Gasteiger partial charge in [0.2, 0.25) is 9.05 Å². The number of halogens is 1. The minimum absolute atomic E-state index is 0.348. The van der Waals surface area contributed by atoms with Gasteiger partial charge in [0.25, 0.3) is 0 Å². The zero-order valence-corrected chi connectivity index (χ0v) is 7.87. The van der Waals surface area contributed by atoms with Crippen LogP contribution in [0.1, 0.15) is 33.1 Å². The highest BCUT2D eigenvalue weighted by Crippen LogP contribution is 2.15. The molecule has 0 aromatic rings. The molecular weight excluding hydrogens is 172 g/mol. The molecule has 0 heterocycles. The zero-order chi connectivity index (χ0) is 8.20. The van der Waals surface area contributed by atoms with E-state index >= 15 is 0 Å². The molecule has 0 bridgehead atoms. The average Bonchev–Trinajstić information content (AvgIpc) is 1.80. The van der Waals surface area contributed by atoms with Gasteiger partial charge < -0.3 is 0 Å². The Morgan fingerprint density at radius 1 is 1.40 bits per heavy atom. The SMILES string of the molecule is CCC[C@@H](CC)S(=O)(=O)Cl. The first-order valence-electron chi connectivity index (χ1n) is 3.45. The molecule has 62 valence electrons. The van der Waals surface area contributed by atoms with Crippen LogP contribution in [0.15, 0.2) is 0 Å². The molecule has 0 N–H and O–H groups in total. The van der Waals surface area contributed by atoms with Crippen LogP contribution in [0.2, 0.25) is 0 Å². The molecule has 0 amide bonds. The lowest BCUT2D eigenvalue weighted by Crippen LogP contribution is -2.14. The fourth-order valence-electron chi connectivity index (χ4n) is 0.866. The summed E-state index contributed by atoms with van der Waals surface area (Å²) < 4.78 is 21.4. The van der Waals surface area contributed by atoms with E-state index in [9.17, 15) is 8.42 Å². The minimum atomic E-state index is -3.30. The molecular formula is C6H13ClO2S. The van der Waals surface area contributed by atoms with Crippen LogP contribution in [-0.2, 0) is 9.05 Å². The smallest absolute Gasteiger partial charge is 0.212 e. The molecule has 4 heteroatoms. The first-order valence-corrected chi connectivity index (χ1v) is 5.83. The van der Waals surface area contributed by atoms with Crippen LogP contribution >= 0.6 is 10.7 Å². The third-order valence-electron chi connectivity index (χ3n) is 1.46. The number of rotatable bonds is 4. The zero-order valence-electron chi connectivity index (χ0n) is 6.30. The third kappa shape index (κ3) is 3.42. The van der Waals surface area contributed by atoms with Gasteiger partial charge in [-0.25, -0.2) is 8.42 Å². The Balaban J connectivity index is 4.08. The van der Waals surface area contributed by atoms with E-state index in [1.54, 1.807) is 0 Å². The normalized spacial score (nSPS) is 15.1. The van der Waals surface area contributed by atoms with E-state index in [1.165, 1.54) is 0 Å². The van der Waals surface area contributed by atoms with Crippen molar-refractivity contribution in [3.63, 3.8) is 0 Å². The molecule has 0 aromatic carbocycles. The Labute approximate surface area is 67.0 Å². The van der Waals surface area contributed by atoms with Crippen LogP contribution < -0.4 is 0 Å². The third-order valence-corrected chi connectivity index (χ3v) is 3.59. The van der Waals surface area contributed by atoms with Crippen LogP contribution in [0.25, 0.3) is 0 Å². The summed E-state index contributed by atoms with van der Waals surface area (Å²) in [6.45, 7) is 3.78. The number of hydrogen-bond acceptors (Lipinski definition) is 2. The quantitative estimate of drug-likeness (QED) is 0.628. The molecule has 0 spiro atoms. The van der Waals surface area contributed by atoms with Gasteiger partial charge in [0, 0.05) is 10.7 Å². The molecule has 10 heavy (non-hydrogen) atoms. The predicted molar refractivity (Wildman–Crippen MR) is 43.8 cm³/mol. The van der Waals surface area contributed by atoms with Gasteiger partial charge in [0.1, 0.15) is 0 Å². The molecule has 0 saturated heterocycles. The lowest BCUT2D eigenvalue weighted by atomic mass is 10.2. The fraction of sp³-hybridized carbons (Fsp3) is 1.00. The van der Waals surface area contributed by atoms with Crippen molar-refractivity contribution in [2.45, 2.75) is 38.4 Å². The van der Waals surface area contributed by atoms with Crippen LogP contribution in [0.3, 0.4) is 0 Å². The monoisotopic (exact) mass is 184 g/mol. The van der Waals surface area contributed by atoms with Gasteiger partial charge in [0.05, 0.1) is 5.25 Å². The maximum Gasteiger partial charge on any atom is 0.235 e. The summed E-state index contributed by atoms with van der Waals surface area (Å²) in [5.74, 6) is 0. The van der Waals surface area contributed by atoms with Crippen molar-refractivity contribution < 1.29 is 8.42 Å². The summed E-state index contributed by atoms with van der Waals surface area (Å²) in [5, 5.41) is -0.348. The van der Waals surface area contributed by atoms with Gasteiger partial charge in [-0.3, -0.25) is 0 Å². The molecule has 0 rings (SSSR count). The van der Waals surface area contributed by atoms with Crippen molar-refractivity contribution in [2.75, 3.05) is 0 Å². The maximum absolute atomic E-state index is 10.7. The average molecular weight is 185 g/mol. The maximum atomic E-state index is 10.7. The first kappa shape index (κ1) is 10.2. The molecule has 0 saturated carbocycles. The van der Waals surface area contributed by atoms with Gasteiger partial charge in [-0.05, 0) is 12.8 Å². The van der Waals surface area contributed by atoms with Crippen molar-refractivity contribution >= 4 is 19.7 Å². The summed E-state index contributed by atoms with van der Waals surface area (Å²) in [6, 6.07) is 0. The summed E-state index contributed by atoms with van der Waals surface area (Å²) >= 11 is 0. The van der Waals surface area contributed by atoms with E-state index in [-0.39, 0.29) is 5.25 Å². The Morgan fingerprint density at radius 3 is 2.00 bits per heavy atom. The largest absolute Gasteiger partial charge is 0.235 e. The minimum Gasteiger partial charge on any atom is -0.212 e. The van der Waals surface area contributed by atoms with Gasteiger partial charge >= 0.3 is 0 Å². The summed E-state index contributed by atoms with van der Waals surface area (Å²) in [4.78, 5) is 0. The van der Waals surface area contributed by atoms with Gasteiger partial charge in [-0.15, -0.1) is 0 Å². The van der Waals surface area contributed by atoms with Crippen LogP contribution in [0.4, 0.5) is 0 Å². The Bertz CT molecular complexity index is 174. The first-order chi connectivity index (χ1) is 4.52. The molecule has 0 aromatic heterocycles. The summed E-state index contributed by atoms with van der Waals surface area (Å²) in [6.07, 6.45) is 2.15. The Morgan fingerprint density at radius 2 is 1.90 bits per heavy atom. The second-order valence-corrected chi connectivity index (χ2v) is 5.20. The van der Waals surface area contributed by atoms with Crippen molar-refractivity contribution in [3.8, 4) is 0 Å². The molecule has 0 radical (unpaired) electrons. The second kappa shape index (κ2) is 4.19. The number of hydrogen-bond donors (Lipinski definition) is 0. The van der Waals surface area contributed by atoms with Gasteiger partial charge in [-0.2, -0.15) is 0 Å². The van der Waals surface area contributed by atoms with Crippen molar-refractivity contribution in [2.24, 2.45) is 0 Å².